The van der Waals surface area contributed by atoms with Crippen LogP contribution in [0, 0.1) is 0 Å². The van der Waals surface area contributed by atoms with Gasteiger partial charge in [-0.2, -0.15) is 0 Å². The van der Waals surface area contributed by atoms with Crippen molar-refractivity contribution in [3.8, 4) is 11.5 Å². The van der Waals surface area contributed by atoms with Crippen LogP contribution in [-0.4, -0.2) is 47.6 Å². The Morgan fingerprint density at radius 2 is 1.94 bits per heavy atom. The summed E-state index contributed by atoms with van der Waals surface area (Å²) >= 11 is 8.30. The molecule has 2 aromatic carbocycles. The summed E-state index contributed by atoms with van der Waals surface area (Å²) < 4.78 is 10.6. The van der Waals surface area contributed by atoms with Crippen molar-refractivity contribution in [3.63, 3.8) is 0 Å². The molecule has 10 heteroatoms. The van der Waals surface area contributed by atoms with E-state index >= 15 is 0 Å². The number of fused-ring (bicyclic) bond motifs is 1. The summed E-state index contributed by atoms with van der Waals surface area (Å²) in [6, 6.07) is 12.7. The third-order valence-electron chi connectivity index (χ3n) is 4.64. The first-order valence-electron chi connectivity index (χ1n) is 9.80. The summed E-state index contributed by atoms with van der Waals surface area (Å²) in [6.07, 6.45) is 1.98. The van der Waals surface area contributed by atoms with Crippen LogP contribution in [0.2, 0.25) is 5.02 Å². The maximum atomic E-state index is 12.6. The molecule has 4 rings (SSSR count). The number of nitrogens with zero attached hydrogens (tertiary/aromatic N) is 1. The molecule has 1 N–H and O–H groups in total. The van der Waals surface area contributed by atoms with Gasteiger partial charge >= 0.3 is 0 Å². The predicted octanol–water partition coefficient (Wildman–Crippen LogP) is 4.40. The van der Waals surface area contributed by atoms with Crippen LogP contribution in [0.5, 0.6) is 11.5 Å². The number of nitrogens with one attached hydrogen (secondary N) is 1. The number of hydrogen-bond acceptors (Lipinski definition) is 7. The SMILES string of the molecule is O=C(CCSc1ccc(Cl)cc1)NCCN1C(=O)S/C(=C\c2ccc3c(c2)OCO3)C1=O. The number of carbonyl (C=O) groups is 3. The van der Waals surface area contributed by atoms with Gasteiger partial charge in [-0.3, -0.25) is 19.3 Å². The third kappa shape index (κ3) is 5.59. The fourth-order valence-corrected chi connectivity index (χ4v) is 4.88. The number of rotatable bonds is 8. The molecule has 32 heavy (non-hydrogen) atoms. The number of imide groups is 1. The first-order chi connectivity index (χ1) is 15.5. The molecule has 0 unspecified atom stereocenters. The molecule has 1 saturated heterocycles. The van der Waals surface area contributed by atoms with E-state index in [0.717, 1.165) is 27.1 Å². The maximum absolute atomic E-state index is 12.6. The molecule has 166 valence electrons. The molecular weight excluding hydrogens is 472 g/mol. The van der Waals surface area contributed by atoms with Crippen LogP contribution in [0.3, 0.4) is 0 Å². The van der Waals surface area contributed by atoms with E-state index < -0.39 is 0 Å². The van der Waals surface area contributed by atoms with Crippen molar-refractivity contribution in [2.75, 3.05) is 25.6 Å². The molecule has 0 aliphatic carbocycles. The van der Waals surface area contributed by atoms with Gasteiger partial charge in [0.25, 0.3) is 11.1 Å². The largest absolute Gasteiger partial charge is 0.454 e. The Kier molecular flexibility index (Phi) is 7.29. The van der Waals surface area contributed by atoms with E-state index in [1.807, 2.05) is 12.1 Å². The highest BCUT2D eigenvalue weighted by molar-refractivity contribution is 8.18. The Labute approximate surface area is 198 Å². The Morgan fingerprint density at radius 1 is 1.16 bits per heavy atom. The fourth-order valence-electron chi connectivity index (χ4n) is 3.03. The molecule has 0 saturated carbocycles. The van der Waals surface area contributed by atoms with Crippen LogP contribution in [0.25, 0.3) is 6.08 Å². The summed E-state index contributed by atoms with van der Waals surface area (Å²) in [7, 11) is 0. The van der Waals surface area contributed by atoms with Crippen LogP contribution < -0.4 is 14.8 Å². The highest BCUT2D eigenvalue weighted by Crippen LogP contribution is 2.36. The van der Waals surface area contributed by atoms with Gasteiger partial charge < -0.3 is 14.8 Å². The van der Waals surface area contributed by atoms with Gasteiger partial charge in [-0.05, 0) is 59.8 Å². The average Bonchev–Trinajstić information content (AvgIpc) is 3.34. The average molecular weight is 491 g/mol. The lowest BCUT2D eigenvalue weighted by atomic mass is 10.2. The van der Waals surface area contributed by atoms with E-state index in [1.54, 1.807) is 48.2 Å². The van der Waals surface area contributed by atoms with Gasteiger partial charge in [0.1, 0.15) is 0 Å². The maximum Gasteiger partial charge on any atom is 0.293 e. The second kappa shape index (κ2) is 10.3. The molecule has 2 aromatic rings. The minimum atomic E-state index is -0.370. The summed E-state index contributed by atoms with van der Waals surface area (Å²) in [6.45, 7) is 0.500. The first-order valence-corrected chi connectivity index (χ1v) is 12.0. The standard InChI is InChI=1S/C22H19ClN2O5S2/c23-15-2-4-16(5-3-15)31-10-7-20(26)24-8-9-25-21(27)19(32-22(25)28)12-14-1-6-17-18(11-14)30-13-29-17/h1-6,11-12H,7-10,13H2,(H,24,26)/b19-12-. The van der Waals surface area contributed by atoms with Crippen molar-refractivity contribution in [3.05, 3.63) is 58.0 Å². The zero-order chi connectivity index (χ0) is 22.5. The topological polar surface area (TPSA) is 84.9 Å². The van der Waals surface area contributed by atoms with Crippen LogP contribution in [0.15, 0.2) is 52.3 Å². The monoisotopic (exact) mass is 490 g/mol. The van der Waals surface area contributed by atoms with Crippen LogP contribution in [-0.2, 0) is 9.59 Å². The van der Waals surface area contributed by atoms with Crippen molar-refractivity contribution >= 4 is 58.3 Å². The lowest BCUT2D eigenvalue weighted by Crippen LogP contribution is -2.37. The number of thioether (sulfide) groups is 2. The van der Waals surface area contributed by atoms with E-state index in [4.69, 9.17) is 21.1 Å². The molecule has 1 fully saturated rings. The van der Waals surface area contributed by atoms with Crippen molar-refractivity contribution in [1.29, 1.82) is 0 Å². The lowest BCUT2D eigenvalue weighted by Gasteiger charge is -2.13. The van der Waals surface area contributed by atoms with Gasteiger partial charge in [-0.1, -0.05) is 17.7 Å². The summed E-state index contributed by atoms with van der Waals surface area (Å²) in [4.78, 5) is 39.4. The summed E-state index contributed by atoms with van der Waals surface area (Å²) in [5, 5.41) is 3.08. The quantitative estimate of drug-likeness (QED) is 0.433. The molecule has 0 radical (unpaired) electrons. The Balaban J connectivity index is 1.23. The molecule has 0 aromatic heterocycles. The van der Waals surface area contributed by atoms with E-state index in [9.17, 15) is 14.4 Å². The Bertz CT molecular complexity index is 1070. The highest BCUT2D eigenvalue weighted by atomic mass is 35.5. The first kappa shape index (κ1) is 22.6. The zero-order valence-corrected chi connectivity index (χ0v) is 19.2. The minimum Gasteiger partial charge on any atom is -0.454 e. The third-order valence-corrected chi connectivity index (χ3v) is 6.81. The molecule has 2 aliphatic heterocycles. The van der Waals surface area contributed by atoms with Crippen LogP contribution in [0.4, 0.5) is 4.79 Å². The Morgan fingerprint density at radius 3 is 2.75 bits per heavy atom. The summed E-state index contributed by atoms with van der Waals surface area (Å²) in [5.41, 5.74) is 0.742. The number of ether oxygens (including phenoxy) is 2. The van der Waals surface area contributed by atoms with E-state index in [0.29, 0.717) is 33.6 Å². The smallest absolute Gasteiger partial charge is 0.293 e. The van der Waals surface area contributed by atoms with Gasteiger partial charge in [0, 0.05) is 35.2 Å². The predicted molar refractivity (Wildman–Crippen MR) is 125 cm³/mol. The normalized spacial score (nSPS) is 16.2. The number of amides is 3. The van der Waals surface area contributed by atoms with Crippen LogP contribution in [0.1, 0.15) is 12.0 Å². The van der Waals surface area contributed by atoms with Gasteiger partial charge in [0.15, 0.2) is 11.5 Å². The number of benzene rings is 2. The van der Waals surface area contributed by atoms with E-state index in [1.165, 1.54) is 0 Å². The number of halogens is 1. The van der Waals surface area contributed by atoms with E-state index in [-0.39, 0.29) is 36.9 Å². The molecule has 0 bridgehead atoms. The molecule has 0 atom stereocenters. The molecular formula is C22H19ClN2O5S2. The second-order valence-electron chi connectivity index (χ2n) is 6.85. The highest BCUT2D eigenvalue weighted by Gasteiger charge is 2.34. The summed E-state index contributed by atoms with van der Waals surface area (Å²) in [5.74, 6) is 1.37. The molecule has 2 heterocycles. The molecule has 2 aliphatic rings. The Hall–Kier alpha value is -2.62. The van der Waals surface area contributed by atoms with Gasteiger partial charge in [-0.25, -0.2) is 0 Å². The van der Waals surface area contributed by atoms with Crippen molar-refractivity contribution in [2.24, 2.45) is 0 Å². The van der Waals surface area contributed by atoms with Gasteiger partial charge in [-0.15, -0.1) is 11.8 Å². The molecule has 0 spiro atoms. The van der Waals surface area contributed by atoms with Crippen LogP contribution >= 0.6 is 35.1 Å². The molecule has 7 nitrogen and oxygen atoms in total. The fraction of sp³-hybridized carbons (Fsp3) is 0.227. The minimum absolute atomic E-state index is 0.124. The molecule has 3 amide bonds. The van der Waals surface area contributed by atoms with Gasteiger partial charge in [0.2, 0.25) is 12.7 Å². The number of carbonyl (C=O) groups excluding carboxylic acids is 3. The zero-order valence-electron chi connectivity index (χ0n) is 16.8. The van der Waals surface area contributed by atoms with Crippen molar-refractivity contribution in [2.45, 2.75) is 11.3 Å². The second-order valence-corrected chi connectivity index (χ2v) is 9.45. The van der Waals surface area contributed by atoms with E-state index in [2.05, 4.69) is 5.32 Å². The van der Waals surface area contributed by atoms with Gasteiger partial charge in [0.05, 0.1) is 4.91 Å². The number of hydrogen-bond donors (Lipinski definition) is 1. The van der Waals surface area contributed by atoms with Crippen molar-refractivity contribution < 1.29 is 23.9 Å². The lowest BCUT2D eigenvalue weighted by molar-refractivity contribution is -0.124. The van der Waals surface area contributed by atoms with Crippen molar-refractivity contribution in [1.82, 2.24) is 10.2 Å².